The molecule has 0 fully saturated rings. The van der Waals surface area contributed by atoms with E-state index in [0.29, 0.717) is 5.75 Å². The molecule has 1 aromatic heterocycles. The highest BCUT2D eigenvalue weighted by Crippen LogP contribution is 2.41. The molecule has 1 N–H and O–H groups in total. The predicted molar refractivity (Wildman–Crippen MR) is 87.5 cm³/mol. The maximum Gasteiger partial charge on any atom is 0.117 e. The molecule has 0 aliphatic rings. The highest BCUT2D eigenvalue weighted by atomic mass is 79.9. The largest absolute Gasteiger partial charge is 0.508 e. The number of fused-ring (bicyclic) bond motifs is 3. The quantitative estimate of drug-likeness (QED) is 0.642. The number of aryl methyl sites for hydroxylation is 2. The molecule has 0 unspecified atom stereocenters. The maximum atomic E-state index is 9.63. The van der Waals surface area contributed by atoms with Crippen molar-refractivity contribution in [1.82, 2.24) is 0 Å². The average Bonchev–Trinajstić information content (AvgIpc) is 2.74. The number of hydrogen-bond donors (Lipinski definition) is 1. The third-order valence-corrected chi connectivity index (χ3v) is 5.80. The summed E-state index contributed by atoms with van der Waals surface area (Å²) < 4.78 is 3.75. The van der Waals surface area contributed by atoms with Crippen molar-refractivity contribution in [2.24, 2.45) is 0 Å². The zero-order valence-corrected chi connectivity index (χ0v) is 13.4. The van der Waals surface area contributed by atoms with Gasteiger partial charge in [0.05, 0.1) is 0 Å². The summed E-state index contributed by atoms with van der Waals surface area (Å²) in [7, 11) is 0. The first-order valence-electron chi connectivity index (χ1n) is 6.51. The van der Waals surface area contributed by atoms with E-state index in [1.165, 1.54) is 31.1 Å². The van der Waals surface area contributed by atoms with Gasteiger partial charge in [-0.05, 0) is 48.2 Å². The van der Waals surface area contributed by atoms with Crippen molar-refractivity contribution < 1.29 is 5.11 Å². The van der Waals surface area contributed by atoms with Gasteiger partial charge in [-0.2, -0.15) is 0 Å². The van der Waals surface area contributed by atoms with Crippen LogP contribution in [0.15, 0.2) is 28.7 Å². The molecular formula is C16H15BrOS. The van der Waals surface area contributed by atoms with Crippen molar-refractivity contribution in [2.45, 2.75) is 26.7 Å². The SMILES string of the molecule is CCc1cc2c(sc3cc(O)ccc32)c(CC)c1Br. The molecule has 0 saturated carbocycles. The van der Waals surface area contributed by atoms with Gasteiger partial charge in [0.25, 0.3) is 0 Å². The lowest BCUT2D eigenvalue weighted by atomic mass is 10.0. The second-order valence-electron chi connectivity index (χ2n) is 4.69. The van der Waals surface area contributed by atoms with Crippen LogP contribution in [0, 0.1) is 0 Å². The van der Waals surface area contributed by atoms with Crippen LogP contribution in [0.4, 0.5) is 0 Å². The Bertz CT molecular complexity index is 773. The summed E-state index contributed by atoms with van der Waals surface area (Å²) in [4.78, 5) is 0. The van der Waals surface area contributed by atoms with E-state index in [9.17, 15) is 5.11 Å². The fourth-order valence-electron chi connectivity index (χ4n) is 2.58. The Morgan fingerprint density at radius 1 is 1.11 bits per heavy atom. The second-order valence-corrected chi connectivity index (χ2v) is 6.54. The Balaban J connectivity index is 2.49. The van der Waals surface area contributed by atoms with Gasteiger partial charge in [0, 0.05) is 24.6 Å². The third kappa shape index (κ3) is 1.96. The van der Waals surface area contributed by atoms with Gasteiger partial charge in [-0.3, -0.25) is 0 Å². The number of hydrogen-bond acceptors (Lipinski definition) is 2. The van der Waals surface area contributed by atoms with E-state index >= 15 is 0 Å². The molecule has 3 heteroatoms. The minimum Gasteiger partial charge on any atom is -0.508 e. The highest BCUT2D eigenvalue weighted by Gasteiger charge is 2.14. The first kappa shape index (κ1) is 12.9. The summed E-state index contributed by atoms with van der Waals surface area (Å²) >= 11 is 5.52. The minimum absolute atomic E-state index is 0.340. The lowest BCUT2D eigenvalue weighted by molar-refractivity contribution is 0.476. The predicted octanol–water partition coefficient (Wildman–Crippen LogP) is 5.65. The minimum atomic E-state index is 0.340. The monoisotopic (exact) mass is 334 g/mol. The average molecular weight is 335 g/mol. The number of phenols is 1. The van der Waals surface area contributed by atoms with Crippen LogP contribution in [-0.2, 0) is 12.8 Å². The van der Waals surface area contributed by atoms with Crippen LogP contribution in [0.25, 0.3) is 20.2 Å². The first-order chi connectivity index (χ1) is 9.15. The summed E-state index contributed by atoms with van der Waals surface area (Å²) in [5.41, 5.74) is 2.74. The zero-order chi connectivity index (χ0) is 13.6. The van der Waals surface area contributed by atoms with Gasteiger partial charge < -0.3 is 5.11 Å². The molecule has 19 heavy (non-hydrogen) atoms. The molecule has 98 valence electrons. The Kier molecular flexibility index (Phi) is 3.27. The molecule has 3 rings (SSSR count). The van der Waals surface area contributed by atoms with Gasteiger partial charge in [0.15, 0.2) is 0 Å². The molecule has 0 aliphatic carbocycles. The van der Waals surface area contributed by atoms with Crippen LogP contribution in [0.2, 0.25) is 0 Å². The first-order valence-corrected chi connectivity index (χ1v) is 8.12. The van der Waals surface area contributed by atoms with Crippen LogP contribution in [-0.4, -0.2) is 5.11 Å². The molecule has 2 aromatic carbocycles. The number of aromatic hydroxyl groups is 1. The van der Waals surface area contributed by atoms with E-state index in [0.717, 1.165) is 17.5 Å². The van der Waals surface area contributed by atoms with E-state index < -0.39 is 0 Å². The van der Waals surface area contributed by atoms with Crippen LogP contribution in [0.1, 0.15) is 25.0 Å². The number of rotatable bonds is 2. The highest BCUT2D eigenvalue weighted by molar-refractivity contribution is 9.10. The van der Waals surface area contributed by atoms with Gasteiger partial charge in [0.2, 0.25) is 0 Å². The van der Waals surface area contributed by atoms with Gasteiger partial charge >= 0.3 is 0 Å². The second kappa shape index (κ2) is 4.80. The number of thiophene rings is 1. The Labute approximate surface area is 125 Å². The summed E-state index contributed by atoms with van der Waals surface area (Å²) in [6.07, 6.45) is 2.04. The van der Waals surface area contributed by atoms with E-state index in [1.54, 1.807) is 17.4 Å². The molecule has 0 saturated heterocycles. The van der Waals surface area contributed by atoms with Gasteiger partial charge in [0.1, 0.15) is 5.75 Å². The molecule has 1 nitrogen and oxygen atoms in total. The summed E-state index contributed by atoms with van der Waals surface area (Å²) in [6.45, 7) is 4.38. The molecule has 0 atom stereocenters. The van der Waals surface area contributed by atoms with Crippen molar-refractivity contribution in [3.63, 3.8) is 0 Å². The lowest BCUT2D eigenvalue weighted by Crippen LogP contribution is -1.90. The van der Waals surface area contributed by atoms with E-state index in [2.05, 4.69) is 35.8 Å². The molecule has 3 aromatic rings. The van der Waals surface area contributed by atoms with Gasteiger partial charge in [-0.15, -0.1) is 11.3 Å². The smallest absolute Gasteiger partial charge is 0.117 e. The fraction of sp³-hybridized carbons (Fsp3) is 0.250. The molecule has 1 heterocycles. The molecule has 0 aliphatic heterocycles. The molecule has 0 spiro atoms. The Hall–Kier alpha value is -1.06. The molecular weight excluding hydrogens is 320 g/mol. The third-order valence-electron chi connectivity index (χ3n) is 3.59. The summed E-state index contributed by atoms with van der Waals surface area (Å²) in [6, 6.07) is 7.94. The lowest BCUT2D eigenvalue weighted by Gasteiger charge is -2.09. The maximum absolute atomic E-state index is 9.63. The van der Waals surface area contributed by atoms with E-state index in [-0.39, 0.29) is 0 Å². The number of phenolic OH excluding ortho intramolecular Hbond substituents is 1. The van der Waals surface area contributed by atoms with Crippen molar-refractivity contribution in [1.29, 1.82) is 0 Å². The van der Waals surface area contributed by atoms with Crippen molar-refractivity contribution in [2.75, 3.05) is 0 Å². The molecule has 0 bridgehead atoms. The van der Waals surface area contributed by atoms with Crippen LogP contribution >= 0.6 is 27.3 Å². The van der Waals surface area contributed by atoms with Crippen molar-refractivity contribution >= 4 is 47.4 Å². The normalized spacial score (nSPS) is 11.5. The Morgan fingerprint density at radius 3 is 2.58 bits per heavy atom. The number of halogens is 1. The molecule has 0 amide bonds. The van der Waals surface area contributed by atoms with Crippen LogP contribution < -0.4 is 0 Å². The molecule has 0 radical (unpaired) electrons. The summed E-state index contributed by atoms with van der Waals surface area (Å²) in [5.74, 6) is 0.340. The zero-order valence-electron chi connectivity index (χ0n) is 11.0. The van der Waals surface area contributed by atoms with Crippen LogP contribution in [0.3, 0.4) is 0 Å². The van der Waals surface area contributed by atoms with E-state index in [1.807, 2.05) is 12.1 Å². The van der Waals surface area contributed by atoms with Gasteiger partial charge in [-0.1, -0.05) is 29.8 Å². The van der Waals surface area contributed by atoms with Crippen molar-refractivity contribution in [3.05, 3.63) is 39.9 Å². The number of benzene rings is 2. The fourth-order valence-corrected chi connectivity index (χ4v) is 4.92. The Morgan fingerprint density at radius 2 is 1.89 bits per heavy atom. The van der Waals surface area contributed by atoms with E-state index in [4.69, 9.17) is 0 Å². The topological polar surface area (TPSA) is 20.2 Å². The standard InChI is InChI=1S/C16H15BrOS/c1-3-9-7-13-12-6-5-10(18)8-14(12)19-16(13)11(4-2)15(9)17/h5-8,18H,3-4H2,1-2H3. The van der Waals surface area contributed by atoms with Crippen LogP contribution in [0.5, 0.6) is 5.75 Å². The van der Waals surface area contributed by atoms with Gasteiger partial charge in [-0.25, -0.2) is 0 Å². The summed E-state index contributed by atoms with van der Waals surface area (Å²) in [5, 5.41) is 12.2. The van der Waals surface area contributed by atoms with Crippen molar-refractivity contribution in [3.8, 4) is 5.75 Å².